The third kappa shape index (κ3) is 5.04. The Morgan fingerprint density at radius 3 is 2.53 bits per heavy atom. The van der Waals surface area contributed by atoms with Gasteiger partial charge in [0.1, 0.15) is 12.4 Å². The van der Waals surface area contributed by atoms with Crippen LogP contribution in [0.1, 0.15) is 11.3 Å². The molecule has 0 bridgehead atoms. The Hall–Kier alpha value is -3.86. The Bertz CT molecular complexity index is 1320. The summed E-state index contributed by atoms with van der Waals surface area (Å²) in [7, 11) is 0. The van der Waals surface area contributed by atoms with Crippen LogP contribution in [0.2, 0.25) is 0 Å². The minimum absolute atomic E-state index is 0.00971. The number of hydrogen-bond donors (Lipinski definition) is 1. The standard InChI is InChI=1S/C23H15F4N3O3S/c24-15-5-2-6-16(11-15)28-20(31)13-30-21(32)19(34-22(30)33)12-18-8-3-9-29(18)17-7-1-4-14(10-17)23(25,26)27/h1-12H,13H2,(H,28,31)/b19-12+. The molecule has 4 rings (SSSR count). The number of thioether (sulfide) groups is 1. The molecule has 3 amide bonds. The zero-order valence-corrected chi connectivity index (χ0v) is 18.0. The number of carbonyl (C=O) groups excluding carboxylic acids is 3. The maximum absolute atomic E-state index is 13.3. The summed E-state index contributed by atoms with van der Waals surface area (Å²) >= 11 is 0.607. The number of carbonyl (C=O) groups is 3. The molecule has 2 aromatic carbocycles. The van der Waals surface area contributed by atoms with Crippen molar-refractivity contribution in [2.75, 3.05) is 11.9 Å². The lowest BCUT2D eigenvalue weighted by Crippen LogP contribution is -2.36. The second-order valence-corrected chi connectivity index (χ2v) is 8.17. The van der Waals surface area contributed by atoms with Gasteiger partial charge in [0, 0.05) is 23.3 Å². The van der Waals surface area contributed by atoms with Gasteiger partial charge in [-0.05, 0) is 66.4 Å². The van der Waals surface area contributed by atoms with Crippen LogP contribution < -0.4 is 5.32 Å². The van der Waals surface area contributed by atoms with Crippen LogP contribution in [0.25, 0.3) is 11.8 Å². The number of alkyl halides is 3. The van der Waals surface area contributed by atoms with E-state index in [1.165, 1.54) is 47.2 Å². The van der Waals surface area contributed by atoms with E-state index in [4.69, 9.17) is 0 Å². The predicted octanol–water partition coefficient (Wildman–Crippen LogP) is 5.31. The summed E-state index contributed by atoms with van der Waals surface area (Å²) in [5.41, 5.74) is -0.0606. The molecule has 1 aliphatic heterocycles. The second kappa shape index (κ2) is 9.18. The van der Waals surface area contributed by atoms with Crippen molar-refractivity contribution in [1.29, 1.82) is 0 Å². The number of benzene rings is 2. The fourth-order valence-electron chi connectivity index (χ4n) is 3.26. The SMILES string of the molecule is O=C(CN1C(=O)S/C(=C/c2cccn2-c2cccc(C(F)(F)F)c2)C1=O)Nc1cccc(F)c1. The van der Waals surface area contributed by atoms with Gasteiger partial charge in [-0.1, -0.05) is 12.1 Å². The van der Waals surface area contributed by atoms with E-state index in [1.54, 1.807) is 12.1 Å². The van der Waals surface area contributed by atoms with E-state index in [2.05, 4.69) is 5.32 Å². The topological polar surface area (TPSA) is 71.4 Å². The van der Waals surface area contributed by atoms with Gasteiger partial charge >= 0.3 is 6.18 Å². The van der Waals surface area contributed by atoms with Crippen LogP contribution >= 0.6 is 11.8 Å². The molecule has 1 saturated heterocycles. The number of rotatable bonds is 5. The van der Waals surface area contributed by atoms with Crippen LogP contribution in [0.15, 0.2) is 71.8 Å². The molecule has 0 saturated carbocycles. The van der Waals surface area contributed by atoms with Crippen molar-refractivity contribution in [3.05, 3.63) is 88.8 Å². The molecule has 6 nitrogen and oxygen atoms in total. The molecule has 0 aliphatic carbocycles. The van der Waals surface area contributed by atoms with Gasteiger partial charge in [0.25, 0.3) is 11.1 Å². The lowest BCUT2D eigenvalue weighted by atomic mass is 10.2. The minimum Gasteiger partial charge on any atom is -0.324 e. The first-order chi connectivity index (χ1) is 16.1. The molecule has 1 N–H and O–H groups in total. The van der Waals surface area contributed by atoms with E-state index in [0.29, 0.717) is 17.5 Å². The highest BCUT2D eigenvalue weighted by molar-refractivity contribution is 8.18. The average Bonchev–Trinajstić information content (AvgIpc) is 3.33. The van der Waals surface area contributed by atoms with Crippen molar-refractivity contribution >= 4 is 40.6 Å². The van der Waals surface area contributed by atoms with Crippen molar-refractivity contribution in [2.45, 2.75) is 6.18 Å². The average molecular weight is 489 g/mol. The van der Waals surface area contributed by atoms with E-state index in [-0.39, 0.29) is 16.3 Å². The van der Waals surface area contributed by atoms with Crippen LogP contribution in [-0.2, 0) is 15.8 Å². The molecule has 1 aliphatic rings. The Morgan fingerprint density at radius 2 is 1.79 bits per heavy atom. The molecule has 174 valence electrons. The van der Waals surface area contributed by atoms with Gasteiger partial charge in [0.05, 0.1) is 10.5 Å². The monoisotopic (exact) mass is 489 g/mol. The summed E-state index contributed by atoms with van der Waals surface area (Å²) < 4.78 is 53.9. The van der Waals surface area contributed by atoms with Gasteiger partial charge in [-0.3, -0.25) is 19.3 Å². The number of aromatic nitrogens is 1. The molecule has 0 spiro atoms. The van der Waals surface area contributed by atoms with Crippen LogP contribution in [0.5, 0.6) is 0 Å². The van der Waals surface area contributed by atoms with Gasteiger partial charge in [0.15, 0.2) is 0 Å². The molecule has 2 heterocycles. The van der Waals surface area contributed by atoms with Gasteiger partial charge in [0.2, 0.25) is 5.91 Å². The first kappa shape index (κ1) is 23.3. The van der Waals surface area contributed by atoms with Crippen molar-refractivity contribution in [1.82, 2.24) is 9.47 Å². The van der Waals surface area contributed by atoms with E-state index in [0.717, 1.165) is 23.1 Å². The number of imide groups is 1. The number of anilines is 1. The summed E-state index contributed by atoms with van der Waals surface area (Å²) in [4.78, 5) is 38.1. The maximum Gasteiger partial charge on any atom is 0.416 e. The molecule has 0 radical (unpaired) electrons. The number of amides is 3. The first-order valence-electron chi connectivity index (χ1n) is 9.77. The van der Waals surface area contributed by atoms with Crippen LogP contribution in [-0.4, -0.2) is 33.1 Å². The Morgan fingerprint density at radius 1 is 1.03 bits per heavy atom. The molecular weight excluding hydrogens is 474 g/mol. The molecule has 34 heavy (non-hydrogen) atoms. The molecule has 0 unspecified atom stereocenters. The molecule has 3 aromatic rings. The summed E-state index contributed by atoms with van der Waals surface area (Å²) in [5, 5.41) is 1.73. The Balaban J connectivity index is 1.52. The summed E-state index contributed by atoms with van der Waals surface area (Å²) in [6.07, 6.45) is -1.62. The van der Waals surface area contributed by atoms with E-state index < -0.39 is 41.2 Å². The number of hydrogen-bond acceptors (Lipinski definition) is 4. The number of nitrogens with zero attached hydrogens (tertiary/aromatic N) is 2. The van der Waals surface area contributed by atoms with Crippen molar-refractivity contribution in [2.24, 2.45) is 0 Å². The second-order valence-electron chi connectivity index (χ2n) is 7.18. The first-order valence-corrected chi connectivity index (χ1v) is 10.6. The van der Waals surface area contributed by atoms with Gasteiger partial charge in [-0.15, -0.1) is 0 Å². The van der Waals surface area contributed by atoms with Crippen molar-refractivity contribution in [3.63, 3.8) is 0 Å². The highest BCUT2D eigenvalue weighted by Gasteiger charge is 2.36. The third-order valence-corrected chi connectivity index (χ3v) is 5.70. The molecule has 1 aromatic heterocycles. The predicted molar refractivity (Wildman–Crippen MR) is 118 cm³/mol. The van der Waals surface area contributed by atoms with E-state index in [1.807, 2.05) is 0 Å². The molecule has 0 atom stereocenters. The maximum atomic E-state index is 13.3. The van der Waals surface area contributed by atoms with Crippen LogP contribution in [0.3, 0.4) is 0 Å². The van der Waals surface area contributed by atoms with E-state index >= 15 is 0 Å². The molecule has 11 heteroatoms. The van der Waals surface area contributed by atoms with Crippen molar-refractivity contribution < 1.29 is 31.9 Å². The van der Waals surface area contributed by atoms with Gasteiger partial charge < -0.3 is 9.88 Å². The van der Waals surface area contributed by atoms with Crippen LogP contribution in [0.4, 0.5) is 28.0 Å². The van der Waals surface area contributed by atoms with Crippen LogP contribution in [0, 0.1) is 5.82 Å². The lowest BCUT2D eigenvalue weighted by molar-refractivity contribution is -0.137. The van der Waals surface area contributed by atoms with Crippen molar-refractivity contribution in [3.8, 4) is 5.69 Å². The lowest BCUT2D eigenvalue weighted by Gasteiger charge is -2.12. The normalized spacial score (nSPS) is 15.3. The zero-order chi connectivity index (χ0) is 24.5. The zero-order valence-electron chi connectivity index (χ0n) is 17.2. The fourth-order valence-corrected chi connectivity index (χ4v) is 4.08. The fraction of sp³-hybridized carbons (Fsp3) is 0.0870. The summed E-state index contributed by atoms with van der Waals surface area (Å²) in [6.45, 7) is -0.576. The third-order valence-electron chi connectivity index (χ3n) is 4.79. The number of halogens is 4. The summed E-state index contributed by atoms with van der Waals surface area (Å²) in [6, 6.07) is 13.0. The smallest absolute Gasteiger partial charge is 0.324 e. The van der Waals surface area contributed by atoms with Gasteiger partial charge in [-0.25, -0.2) is 4.39 Å². The largest absolute Gasteiger partial charge is 0.416 e. The summed E-state index contributed by atoms with van der Waals surface area (Å²) in [5.74, 6) is -1.97. The Labute approximate surface area is 194 Å². The molecule has 1 fully saturated rings. The highest BCUT2D eigenvalue weighted by Crippen LogP contribution is 2.34. The van der Waals surface area contributed by atoms with E-state index in [9.17, 15) is 31.9 Å². The minimum atomic E-state index is -4.52. The Kier molecular flexibility index (Phi) is 6.29. The number of nitrogens with one attached hydrogen (secondary N) is 1. The quantitative estimate of drug-likeness (QED) is 0.390. The van der Waals surface area contributed by atoms with Gasteiger partial charge in [-0.2, -0.15) is 13.2 Å². The molecular formula is C23H15F4N3O3S. The highest BCUT2D eigenvalue weighted by atomic mass is 32.2.